The molecule has 6 aromatic rings. The molecule has 5 heteroatoms. The first-order valence-electron chi connectivity index (χ1n) is 11.1. The number of aromatic nitrogens is 3. The van der Waals surface area contributed by atoms with Gasteiger partial charge in [-0.15, -0.1) is 42.0 Å². The van der Waals surface area contributed by atoms with E-state index < -0.39 is 0 Å². The fraction of sp³-hybridized carbons (Fsp3) is 0. The maximum atomic E-state index is 5.08. The van der Waals surface area contributed by atoms with Crippen molar-refractivity contribution in [1.82, 2.24) is 14.8 Å². The Hall–Kier alpha value is -4.01. The molecular weight excluding hydrogens is 611 g/mol. The minimum atomic E-state index is 0. The summed E-state index contributed by atoms with van der Waals surface area (Å²) in [5.41, 5.74) is 4.69. The zero-order valence-corrected chi connectivity index (χ0v) is 20.9. The topological polar surface area (TPSA) is 34.0 Å². The first-order chi connectivity index (χ1) is 16.9. The molecule has 0 aliphatic carbocycles. The van der Waals surface area contributed by atoms with Crippen LogP contribution in [0.5, 0.6) is 0 Å². The molecule has 0 radical (unpaired) electrons. The average molecular weight is 632 g/mol. The first kappa shape index (κ1) is 22.8. The average Bonchev–Trinajstić information content (AvgIpc) is 3.30. The van der Waals surface area contributed by atoms with Crippen LogP contribution in [0.2, 0.25) is 0 Å². The second-order valence-corrected chi connectivity index (χ2v) is 7.83. The van der Waals surface area contributed by atoms with Crippen molar-refractivity contribution in [2.24, 2.45) is 0 Å². The van der Waals surface area contributed by atoms with Gasteiger partial charge in [-0.2, -0.15) is 29.4 Å². The van der Waals surface area contributed by atoms with E-state index >= 15 is 0 Å². The molecule has 0 unspecified atom stereocenters. The molecule has 0 aliphatic rings. The van der Waals surface area contributed by atoms with Crippen LogP contribution in [0.1, 0.15) is 0 Å². The third kappa shape index (κ3) is 4.41. The molecule has 2 aromatic heterocycles. The van der Waals surface area contributed by atoms with Gasteiger partial charge in [0.1, 0.15) is 5.82 Å². The molecule has 4 nitrogen and oxygen atoms in total. The second kappa shape index (κ2) is 10.1. The Bertz CT molecular complexity index is 1550. The summed E-state index contributed by atoms with van der Waals surface area (Å²) in [6.45, 7) is 0. The van der Waals surface area contributed by atoms with Gasteiger partial charge in [0.2, 0.25) is 0 Å². The van der Waals surface area contributed by atoms with Gasteiger partial charge in [0, 0.05) is 11.1 Å². The summed E-state index contributed by atoms with van der Waals surface area (Å²) in [6.07, 6.45) is 0. The normalized spacial score (nSPS) is 10.6. The zero-order valence-electron chi connectivity index (χ0n) is 18.7. The van der Waals surface area contributed by atoms with E-state index in [1.807, 2.05) is 102 Å². The maximum absolute atomic E-state index is 5.08. The Morgan fingerprint density at radius 3 is 2.17 bits per heavy atom. The number of fused-ring (bicyclic) bond motifs is 1. The van der Waals surface area contributed by atoms with Crippen molar-refractivity contribution in [3.05, 3.63) is 133 Å². The molecule has 0 atom stereocenters. The molecule has 0 amide bonds. The summed E-state index contributed by atoms with van der Waals surface area (Å²) in [6, 6.07) is 46.9. The van der Waals surface area contributed by atoms with E-state index in [9.17, 15) is 0 Å². The Labute approximate surface area is 218 Å². The number of pyridine rings is 1. The molecule has 4 aromatic carbocycles. The van der Waals surface area contributed by atoms with Crippen LogP contribution in [0.3, 0.4) is 0 Å². The van der Waals surface area contributed by atoms with E-state index in [4.69, 9.17) is 10.1 Å². The van der Waals surface area contributed by atoms with Crippen LogP contribution in [-0.4, -0.2) is 14.8 Å². The minimum Gasteiger partial charge on any atom is -0.280 e. The van der Waals surface area contributed by atoms with Gasteiger partial charge in [-0.25, -0.2) is 0 Å². The Morgan fingerprint density at radius 1 is 0.657 bits per heavy atom. The van der Waals surface area contributed by atoms with Crippen LogP contribution in [0, 0.1) is 12.1 Å². The zero-order chi connectivity index (χ0) is 22.7. The molecule has 0 saturated carbocycles. The Morgan fingerprint density at radius 2 is 1.40 bits per heavy atom. The fourth-order valence-electron chi connectivity index (χ4n) is 4.10. The number of rotatable bonds is 5. The van der Waals surface area contributed by atoms with Crippen molar-refractivity contribution < 1.29 is 21.1 Å². The van der Waals surface area contributed by atoms with Gasteiger partial charge in [0.05, 0.1) is 5.52 Å². The quantitative estimate of drug-likeness (QED) is 0.190. The summed E-state index contributed by atoms with van der Waals surface area (Å²) >= 11 is 0. The van der Waals surface area contributed by atoms with Crippen LogP contribution in [0.15, 0.2) is 121 Å². The van der Waals surface area contributed by atoms with Gasteiger partial charge in [-0.05, 0) is 41.7 Å². The second-order valence-electron chi connectivity index (χ2n) is 7.83. The minimum absolute atomic E-state index is 0. The van der Waals surface area contributed by atoms with Crippen LogP contribution >= 0.6 is 0 Å². The molecule has 0 saturated heterocycles. The number of para-hydroxylation sites is 3. The molecule has 0 fully saturated rings. The number of hydrogen-bond acceptors (Lipinski definition) is 3. The molecule has 2 heterocycles. The van der Waals surface area contributed by atoms with Crippen LogP contribution < -0.4 is 4.90 Å². The summed E-state index contributed by atoms with van der Waals surface area (Å²) in [5.74, 6) is 1.59. The van der Waals surface area contributed by atoms with E-state index in [0.29, 0.717) is 0 Å². The smallest absolute Gasteiger partial charge is 0.280 e. The number of nitrogens with zero attached hydrogens (tertiary/aromatic N) is 4. The van der Waals surface area contributed by atoms with E-state index in [1.54, 1.807) is 0 Å². The van der Waals surface area contributed by atoms with Crippen LogP contribution in [0.4, 0.5) is 17.3 Å². The van der Waals surface area contributed by atoms with Crippen molar-refractivity contribution in [3.8, 4) is 16.9 Å². The predicted octanol–water partition coefficient (Wildman–Crippen LogP) is 7.16. The van der Waals surface area contributed by atoms with E-state index in [1.165, 1.54) is 0 Å². The number of benzene rings is 4. The maximum Gasteiger partial charge on any atom is 2.00 e. The number of anilines is 3. The molecule has 35 heavy (non-hydrogen) atoms. The van der Waals surface area contributed by atoms with Crippen molar-refractivity contribution in [2.75, 3.05) is 4.90 Å². The van der Waals surface area contributed by atoms with Crippen LogP contribution in [-0.2, 0) is 21.1 Å². The first-order valence-corrected chi connectivity index (χ1v) is 11.1. The standard InChI is InChI=1S/C30H20N4.Pt/c1-4-13-23(14-5-1)27-20-12-22-29(31-27)33(24-15-6-2-7-16-24)30-26-19-10-11-21-28(26)34(32-30)25-17-8-3-9-18-25;/h1-13,15-17,19-22H;/q-2;+2. The van der Waals surface area contributed by atoms with Gasteiger partial charge in [0.15, 0.2) is 5.82 Å². The summed E-state index contributed by atoms with van der Waals surface area (Å²) in [4.78, 5) is 7.13. The van der Waals surface area contributed by atoms with E-state index in [0.717, 1.165) is 45.2 Å². The third-order valence-corrected chi connectivity index (χ3v) is 5.66. The molecule has 170 valence electrons. The summed E-state index contributed by atoms with van der Waals surface area (Å²) in [5, 5.41) is 6.11. The monoisotopic (exact) mass is 631 g/mol. The largest absolute Gasteiger partial charge is 2.00 e. The molecule has 0 N–H and O–H groups in total. The summed E-state index contributed by atoms with van der Waals surface area (Å²) in [7, 11) is 0. The summed E-state index contributed by atoms with van der Waals surface area (Å²) < 4.78 is 1.94. The van der Waals surface area contributed by atoms with Crippen LogP contribution in [0.25, 0.3) is 27.8 Å². The fourth-order valence-corrected chi connectivity index (χ4v) is 4.10. The Kier molecular flexibility index (Phi) is 6.56. The molecule has 0 spiro atoms. The van der Waals surface area contributed by atoms with Gasteiger partial charge in [0.25, 0.3) is 0 Å². The van der Waals surface area contributed by atoms with Gasteiger partial charge in [-0.3, -0.25) is 14.6 Å². The van der Waals surface area contributed by atoms with Gasteiger partial charge in [-0.1, -0.05) is 42.5 Å². The van der Waals surface area contributed by atoms with Crippen molar-refractivity contribution in [2.45, 2.75) is 0 Å². The van der Waals surface area contributed by atoms with Gasteiger partial charge >= 0.3 is 21.1 Å². The van der Waals surface area contributed by atoms with Gasteiger partial charge < -0.3 is 0 Å². The SMILES string of the molecule is [Pt+2].[c-]1ccccc1-c1cccc(N(c2ccccc2)c2nn(-c3[c-]cccc3)c3ccccc23)n1. The predicted molar refractivity (Wildman–Crippen MR) is 137 cm³/mol. The van der Waals surface area contributed by atoms with E-state index in [-0.39, 0.29) is 21.1 Å². The Balaban J connectivity index is 0.00000253. The van der Waals surface area contributed by atoms with Crippen molar-refractivity contribution >= 4 is 28.2 Å². The number of hydrogen-bond donors (Lipinski definition) is 0. The van der Waals surface area contributed by atoms with Crippen molar-refractivity contribution in [1.29, 1.82) is 0 Å². The molecule has 0 aliphatic heterocycles. The van der Waals surface area contributed by atoms with Crippen molar-refractivity contribution in [3.63, 3.8) is 0 Å². The van der Waals surface area contributed by atoms with E-state index in [2.05, 4.69) is 41.3 Å². The molecule has 0 bridgehead atoms. The third-order valence-electron chi connectivity index (χ3n) is 5.66. The molecular formula is C30H20N4Pt. The molecule has 6 rings (SSSR count).